The van der Waals surface area contributed by atoms with E-state index in [1.807, 2.05) is 44.9 Å². The maximum absolute atomic E-state index is 6.04. The molecule has 0 fully saturated rings. The highest BCUT2D eigenvalue weighted by atomic mass is 127. The van der Waals surface area contributed by atoms with Crippen LogP contribution < -0.4 is 5.32 Å². The van der Waals surface area contributed by atoms with E-state index in [-0.39, 0.29) is 24.0 Å². The smallest absolute Gasteiger partial charge is 0.193 e. The molecule has 25 heavy (non-hydrogen) atoms. The van der Waals surface area contributed by atoms with E-state index >= 15 is 0 Å². The molecule has 0 aromatic carbocycles. The second-order valence-corrected chi connectivity index (χ2v) is 7.31. The molecule has 0 aliphatic heterocycles. The van der Waals surface area contributed by atoms with Gasteiger partial charge in [-0.15, -0.1) is 35.3 Å². The number of rotatable bonds is 7. The molecule has 2 rings (SSSR count). The van der Waals surface area contributed by atoms with E-state index in [0.29, 0.717) is 0 Å². The van der Waals surface area contributed by atoms with Gasteiger partial charge in [-0.1, -0.05) is 11.6 Å². The van der Waals surface area contributed by atoms with Crippen molar-refractivity contribution in [3.63, 3.8) is 0 Å². The van der Waals surface area contributed by atoms with Gasteiger partial charge in [0.2, 0.25) is 0 Å². The van der Waals surface area contributed by atoms with Crippen molar-refractivity contribution >= 4 is 52.9 Å². The number of aliphatic imine (C=N–C) groups is 1. The first-order chi connectivity index (χ1) is 11.5. The minimum Gasteiger partial charge on any atom is -0.356 e. The molecule has 2 heterocycles. The summed E-state index contributed by atoms with van der Waals surface area (Å²) in [5.74, 6) is 0.900. The fraction of sp³-hybridized carbons (Fsp3) is 0.529. The Morgan fingerprint density at radius 3 is 2.76 bits per heavy atom. The highest BCUT2D eigenvalue weighted by Gasteiger charge is 2.09. The zero-order valence-corrected chi connectivity index (χ0v) is 19.2. The van der Waals surface area contributed by atoms with Crippen LogP contribution in [0.4, 0.5) is 0 Å². The lowest BCUT2D eigenvalue weighted by molar-refractivity contribution is 0.460. The third kappa shape index (κ3) is 7.15. The SMILES string of the molecule is CN=C(NCCCCc1nc(C)cs1)N(C)Cc1cc(Cl)cn1C.I. The number of guanidine groups is 1. The van der Waals surface area contributed by atoms with Crippen molar-refractivity contribution in [1.29, 1.82) is 0 Å². The van der Waals surface area contributed by atoms with E-state index in [2.05, 4.69) is 25.6 Å². The van der Waals surface area contributed by atoms with Gasteiger partial charge in [-0.3, -0.25) is 4.99 Å². The summed E-state index contributed by atoms with van der Waals surface area (Å²) in [7, 11) is 5.86. The number of nitrogens with zero attached hydrogens (tertiary/aromatic N) is 4. The molecule has 0 saturated heterocycles. The number of unbranched alkanes of at least 4 members (excludes halogenated alkanes) is 1. The number of hydrogen-bond acceptors (Lipinski definition) is 3. The van der Waals surface area contributed by atoms with Crippen LogP contribution in [-0.4, -0.2) is 41.1 Å². The Bertz CT molecular complexity index is 682. The molecule has 0 radical (unpaired) electrons. The van der Waals surface area contributed by atoms with Gasteiger partial charge in [-0.25, -0.2) is 4.98 Å². The van der Waals surface area contributed by atoms with Crippen LogP contribution in [0.5, 0.6) is 0 Å². The predicted octanol–water partition coefficient (Wildman–Crippen LogP) is 4.09. The fourth-order valence-corrected chi connectivity index (χ4v) is 3.64. The summed E-state index contributed by atoms with van der Waals surface area (Å²) < 4.78 is 2.04. The highest BCUT2D eigenvalue weighted by molar-refractivity contribution is 14.0. The molecule has 0 bridgehead atoms. The summed E-state index contributed by atoms with van der Waals surface area (Å²) in [4.78, 5) is 11.0. The Balaban J connectivity index is 0.00000312. The van der Waals surface area contributed by atoms with Crippen LogP contribution in [0.2, 0.25) is 5.02 Å². The van der Waals surface area contributed by atoms with Crippen molar-refractivity contribution in [3.05, 3.63) is 39.1 Å². The van der Waals surface area contributed by atoms with Crippen molar-refractivity contribution in [2.75, 3.05) is 20.6 Å². The molecule has 8 heteroatoms. The number of aryl methyl sites for hydroxylation is 3. The predicted molar refractivity (Wildman–Crippen MR) is 118 cm³/mol. The van der Waals surface area contributed by atoms with Crippen LogP contribution in [0.15, 0.2) is 22.6 Å². The molecule has 0 spiro atoms. The summed E-state index contributed by atoms with van der Waals surface area (Å²) in [6.45, 7) is 3.72. The summed E-state index contributed by atoms with van der Waals surface area (Å²) in [5.41, 5.74) is 2.28. The molecule has 2 aromatic rings. The first kappa shape index (κ1) is 22.2. The molecule has 1 N–H and O–H groups in total. The summed E-state index contributed by atoms with van der Waals surface area (Å²) in [6.07, 6.45) is 5.20. The monoisotopic (exact) mass is 495 g/mol. The standard InChI is InChI=1S/C17H26ClN5S.HI/c1-13-12-24-16(21-13)7-5-6-8-20-17(19-2)23(4)11-15-9-14(18)10-22(15)3;/h9-10,12H,5-8,11H2,1-4H3,(H,19,20);1H. The Labute approximate surface area is 176 Å². The van der Waals surface area contributed by atoms with Crippen LogP contribution in [0.3, 0.4) is 0 Å². The maximum Gasteiger partial charge on any atom is 0.193 e. The second-order valence-electron chi connectivity index (χ2n) is 5.93. The molecular weight excluding hydrogens is 469 g/mol. The molecule has 140 valence electrons. The van der Waals surface area contributed by atoms with Crippen LogP contribution in [0.25, 0.3) is 0 Å². The lowest BCUT2D eigenvalue weighted by Gasteiger charge is -2.22. The summed E-state index contributed by atoms with van der Waals surface area (Å²) in [5, 5.41) is 7.53. The first-order valence-corrected chi connectivity index (χ1v) is 9.39. The molecule has 2 aromatic heterocycles. The van der Waals surface area contributed by atoms with E-state index in [9.17, 15) is 0 Å². The lowest BCUT2D eigenvalue weighted by Crippen LogP contribution is -2.39. The van der Waals surface area contributed by atoms with Gasteiger partial charge in [-0.05, 0) is 32.3 Å². The van der Waals surface area contributed by atoms with E-state index in [4.69, 9.17) is 11.6 Å². The number of aromatic nitrogens is 2. The quantitative estimate of drug-likeness (QED) is 0.272. The van der Waals surface area contributed by atoms with Crippen molar-refractivity contribution in [2.24, 2.45) is 12.0 Å². The number of halogens is 2. The number of nitrogens with one attached hydrogen (secondary N) is 1. The van der Waals surface area contributed by atoms with Gasteiger partial charge in [0.25, 0.3) is 0 Å². The lowest BCUT2D eigenvalue weighted by atomic mass is 10.2. The number of hydrogen-bond donors (Lipinski definition) is 1. The topological polar surface area (TPSA) is 45.5 Å². The molecule has 0 unspecified atom stereocenters. The van der Waals surface area contributed by atoms with E-state index in [1.54, 1.807) is 11.3 Å². The highest BCUT2D eigenvalue weighted by Crippen LogP contribution is 2.14. The number of thiazole rings is 1. The summed E-state index contributed by atoms with van der Waals surface area (Å²) in [6, 6.07) is 1.99. The molecule has 0 saturated carbocycles. The van der Waals surface area contributed by atoms with Gasteiger partial charge < -0.3 is 14.8 Å². The van der Waals surface area contributed by atoms with Gasteiger partial charge >= 0.3 is 0 Å². The molecule has 0 aliphatic carbocycles. The molecular formula is C17H27ClIN5S. The van der Waals surface area contributed by atoms with Crippen LogP contribution in [0, 0.1) is 6.92 Å². The Kier molecular flexibility index (Phi) is 9.81. The van der Waals surface area contributed by atoms with Gasteiger partial charge in [0.05, 0.1) is 16.6 Å². The zero-order valence-electron chi connectivity index (χ0n) is 15.3. The molecule has 5 nitrogen and oxygen atoms in total. The largest absolute Gasteiger partial charge is 0.356 e. The second kappa shape index (κ2) is 11.0. The van der Waals surface area contributed by atoms with Crippen molar-refractivity contribution in [2.45, 2.75) is 32.7 Å². The van der Waals surface area contributed by atoms with Crippen molar-refractivity contribution < 1.29 is 0 Å². The van der Waals surface area contributed by atoms with Gasteiger partial charge in [-0.2, -0.15) is 0 Å². The van der Waals surface area contributed by atoms with Crippen LogP contribution >= 0.6 is 46.9 Å². The average Bonchev–Trinajstić information content (AvgIpc) is 3.08. The van der Waals surface area contributed by atoms with Gasteiger partial charge in [0, 0.05) is 50.7 Å². The minimum absolute atomic E-state index is 0. The Morgan fingerprint density at radius 2 is 2.20 bits per heavy atom. The van der Waals surface area contributed by atoms with Gasteiger partial charge in [0.15, 0.2) is 5.96 Å². The first-order valence-electron chi connectivity index (χ1n) is 8.13. The molecule has 0 amide bonds. The van der Waals surface area contributed by atoms with Gasteiger partial charge in [0.1, 0.15) is 0 Å². The van der Waals surface area contributed by atoms with E-state index < -0.39 is 0 Å². The van der Waals surface area contributed by atoms with E-state index in [1.165, 1.54) is 5.01 Å². The minimum atomic E-state index is 0. The van der Waals surface area contributed by atoms with Crippen LogP contribution in [0.1, 0.15) is 29.2 Å². The van der Waals surface area contributed by atoms with Crippen LogP contribution in [-0.2, 0) is 20.0 Å². The third-order valence-corrected chi connectivity index (χ3v) is 5.05. The van der Waals surface area contributed by atoms with Crippen molar-refractivity contribution in [3.8, 4) is 0 Å². The molecule has 0 aliphatic rings. The average molecular weight is 496 g/mol. The summed E-state index contributed by atoms with van der Waals surface area (Å²) >= 11 is 7.79. The normalized spacial score (nSPS) is 11.3. The van der Waals surface area contributed by atoms with E-state index in [0.717, 1.165) is 54.7 Å². The third-order valence-electron chi connectivity index (χ3n) is 3.81. The Morgan fingerprint density at radius 1 is 1.44 bits per heavy atom. The molecule has 0 atom stereocenters. The maximum atomic E-state index is 6.04. The van der Waals surface area contributed by atoms with Crippen molar-refractivity contribution in [1.82, 2.24) is 19.8 Å². The fourth-order valence-electron chi connectivity index (χ4n) is 2.54. The zero-order chi connectivity index (χ0) is 17.5. The Hall–Kier alpha value is -0.800.